The molecule has 0 bridgehead atoms. The fourth-order valence-electron chi connectivity index (χ4n) is 2.05. The van der Waals surface area contributed by atoms with E-state index in [-0.39, 0.29) is 0 Å². The Labute approximate surface area is 117 Å². The van der Waals surface area contributed by atoms with Gasteiger partial charge < -0.3 is 10.5 Å². The van der Waals surface area contributed by atoms with E-state index >= 15 is 0 Å². The topological polar surface area (TPSA) is 61.0 Å². The van der Waals surface area contributed by atoms with Crippen molar-refractivity contribution in [2.75, 3.05) is 5.73 Å². The summed E-state index contributed by atoms with van der Waals surface area (Å²) in [5.74, 6) is 1.32. The van der Waals surface area contributed by atoms with Crippen LogP contribution in [-0.2, 0) is 0 Å². The standard InChI is InChI=1S/C16H15N3O/c1-10-3-4-11(2)15(7-10)20-16-13-8-12(17)5-6-14(13)18-9-19-16/h3-9H,17H2,1-2H3. The lowest BCUT2D eigenvalue weighted by molar-refractivity contribution is 0.464. The average molecular weight is 265 g/mol. The van der Waals surface area contributed by atoms with E-state index in [1.54, 1.807) is 0 Å². The van der Waals surface area contributed by atoms with Crippen LogP contribution in [0.25, 0.3) is 10.9 Å². The van der Waals surface area contributed by atoms with Gasteiger partial charge in [-0.25, -0.2) is 9.97 Å². The Morgan fingerprint density at radius 3 is 2.70 bits per heavy atom. The molecule has 0 saturated carbocycles. The molecule has 4 heteroatoms. The van der Waals surface area contributed by atoms with Crippen LogP contribution in [0.1, 0.15) is 11.1 Å². The summed E-state index contributed by atoms with van der Waals surface area (Å²) >= 11 is 0. The molecule has 0 aliphatic heterocycles. The second-order valence-electron chi connectivity index (χ2n) is 4.83. The van der Waals surface area contributed by atoms with Crippen LogP contribution >= 0.6 is 0 Å². The first-order valence-corrected chi connectivity index (χ1v) is 6.39. The second-order valence-corrected chi connectivity index (χ2v) is 4.83. The summed E-state index contributed by atoms with van der Waals surface area (Å²) in [7, 11) is 0. The molecule has 2 N–H and O–H groups in total. The van der Waals surface area contributed by atoms with Crippen molar-refractivity contribution in [2.24, 2.45) is 0 Å². The number of nitrogens with zero attached hydrogens (tertiary/aromatic N) is 2. The minimum atomic E-state index is 0.524. The van der Waals surface area contributed by atoms with Crippen LogP contribution in [0.5, 0.6) is 11.6 Å². The number of aryl methyl sites for hydroxylation is 2. The Morgan fingerprint density at radius 2 is 1.85 bits per heavy atom. The molecule has 0 unspecified atom stereocenters. The van der Waals surface area contributed by atoms with Crippen LogP contribution in [0.2, 0.25) is 0 Å². The molecule has 0 aliphatic carbocycles. The van der Waals surface area contributed by atoms with Crippen molar-refractivity contribution in [1.82, 2.24) is 9.97 Å². The molecule has 0 radical (unpaired) electrons. The summed E-state index contributed by atoms with van der Waals surface area (Å²) in [6.07, 6.45) is 1.50. The van der Waals surface area contributed by atoms with Gasteiger partial charge in [0.15, 0.2) is 0 Å². The molecular formula is C16H15N3O. The Balaban J connectivity index is 2.10. The monoisotopic (exact) mass is 265 g/mol. The van der Waals surface area contributed by atoms with Gasteiger partial charge in [0.1, 0.15) is 12.1 Å². The number of rotatable bonds is 2. The van der Waals surface area contributed by atoms with Gasteiger partial charge in [-0.1, -0.05) is 12.1 Å². The first-order chi connectivity index (χ1) is 9.63. The van der Waals surface area contributed by atoms with Gasteiger partial charge in [0, 0.05) is 5.69 Å². The van der Waals surface area contributed by atoms with Crippen molar-refractivity contribution in [3.8, 4) is 11.6 Å². The molecule has 20 heavy (non-hydrogen) atoms. The highest BCUT2D eigenvalue weighted by Crippen LogP contribution is 2.30. The van der Waals surface area contributed by atoms with Crippen molar-refractivity contribution in [3.05, 3.63) is 53.9 Å². The second kappa shape index (κ2) is 4.81. The number of nitrogens with two attached hydrogens (primary N) is 1. The molecule has 100 valence electrons. The SMILES string of the molecule is Cc1ccc(C)c(Oc2ncnc3ccc(N)cc23)c1. The van der Waals surface area contributed by atoms with Crippen molar-refractivity contribution >= 4 is 16.6 Å². The van der Waals surface area contributed by atoms with E-state index in [0.29, 0.717) is 11.6 Å². The van der Waals surface area contributed by atoms with Gasteiger partial charge in [-0.2, -0.15) is 0 Å². The summed E-state index contributed by atoms with van der Waals surface area (Å²) in [6, 6.07) is 11.6. The summed E-state index contributed by atoms with van der Waals surface area (Å²) in [5, 5.41) is 0.813. The van der Waals surface area contributed by atoms with Crippen LogP contribution in [0.3, 0.4) is 0 Å². The normalized spacial score (nSPS) is 10.7. The number of nitrogen functional groups attached to an aromatic ring is 1. The number of hydrogen-bond acceptors (Lipinski definition) is 4. The van der Waals surface area contributed by atoms with Gasteiger partial charge in [0.2, 0.25) is 5.88 Å². The lowest BCUT2D eigenvalue weighted by Gasteiger charge is -2.10. The molecule has 0 aliphatic rings. The lowest BCUT2D eigenvalue weighted by Crippen LogP contribution is -1.94. The number of ether oxygens (including phenoxy) is 1. The maximum atomic E-state index is 5.95. The van der Waals surface area contributed by atoms with E-state index in [4.69, 9.17) is 10.5 Å². The zero-order valence-corrected chi connectivity index (χ0v) is 11.4. The van der Waals surface area contributed by atoms with Crippen LogP contribution in [0.4, 0.5) is 5.69 Å². The summed E-state index contributed by atoms with van der Waals surface area (Å²) in [5.41, 5.74) is 9.51. The van der Waals surface area contributed by atoms with Crippen LogP contribution in [-0.4, -0.2) is 9.97 Å². The van der Waals surface area contributed by atoms with Gasteiger partial charge in [-0.3, -0.25) is 0 Å². The summed E-state index contributed by atoms with van der Waals surface area (Å²) in [4.78, 5) is 8.44. The van der Waals surface area contributed by atoms with E-state index < -0.39 is 0 Å². The molecule has 0 amide bonds. The van der Waals surface area contributed by atoms with Crippen molar-refractivity contribution in [2.45, 2.75) is 13.8 Å². The first-order valence-electron chi connectivity index (χ1n) is 6.39. The van der Waals surface area contributed by atoms with Crippen molar-refractivity contribution < 1.29 is 4.74 Å². The Morgan fingerprint density at radius 1 is 1.00 bits per heavy atom. The zero-order valence-electron chi connectivity index (χ0n) is 11.4. The molecular weight excluding hydrogens is 250 g/mol. The molecule has 0 saturated heterocycles. The predicted molar refractivity (Wildman–Crippen MR) is 79.9 cm³/mol. The lowest BCUT2D eigenvalue weighted by atomic mass is 10.1. The third-order valence-electron chi connectivity index (χ3n) is 3.17. The third kappa shape index (κ3) is 2.28. The smallest absolute Gasteiger partial charge is 0.230 e. The van der Waals surface area contributed by atoms with E-state index in [1.165, 1.54) is 6.33 Å². The molecule has 4 nitrogen and oxygen atoms in total. The number of hydrogen-bond donors (Lipinski definition) is 1. The highest BCUT2D eigenvalue weighted by molar-refractivity contribution is 5.86. The molecule has 0 atom stereocenters. The van der Waals surface area contributed by atoms with E-state index in [2.05, 4.69) is 16.0 Å². The fourth-order valence-corrected chi connectivity index (χ4v) is 2.05. The maximum Gasteiger partial charge on any atom is 0.230 e. The Kier molecular flexibility index (Phi) is 2.99. The molecule has 1 heterocycles. The Hall–Kier alpha value is -2.62. The van der Waals surface area contributed by atoms with E-state index in [1.807, 2.05) is 44.2 Å². The largest absolute Gasteiger partial charge is 0.438 e. The third-order valence-corrected chi connectivity index (χ3v) is 3.17. The van der Waals surface area contributed by atoms with E-state index in [0.717, 1.165) is 27.8 Å². The van der Waals surface area contributed by atoms with Gasteiger partial charge in [0.05, 0.1) is 10.9 Å². The minimum absolute atomic E-state index is 0.524. The first kappa shape index (κ1) is 12.4. The molecule has 3 aromatic rings. The number of benzene rings is 2. The molecule has 0 fully saturated rings. The fraction of sp³-hybridized carbons (Fsp3) is 0.125. The summed E-state index contributed by atoms with van der Waals surface area (Å²) < 4.78 is 5.95. The highest BCUT2D eigenvalue weighted by Gasteiger charge is 2.08. The highest BCUT2D eigenvalue weighted by atomic mass is 16.5. The average Bonchev–Trinajstić information content (AvgIpc) is 2.43. The summed E-state index contributed by atoms with van der Waals surface area (Å²) in [6.45, 7) is 4.04. The van der Waals surface area contributed by atoms with E-state index in [9.17, 15) is 0 Å². The number of anilines is 1. The quantitative estimate of drug-likeness (QED) is 0.719. The number of aromatic nitrogens is 2. The van der Waals surface area contributed by atoms with Crippen LogP contribution in [0, 0.1) is 13.8 Å². The van der Waals surface area contributed by atoms with Crippen molar-refractivity contribution in [1.29, 1.82) is 0 Å². The molecule has 1 aromatic heterocycles. The van der Waals surface area contributed by atoms with Crippen LogP contribution in [0.15, 0.2) is 42.7 Å². The van der Waals surface area contributed by atoms with Crippen LogP contribution < -0.4 is 10.5 Å². The van der Waals surface area contributed by atoms with Gasteiger partial charge in [-0.15, -0.1) is 0 Å². The molecule has 2 aromatic carbocycles. The van der Waals surface area contributed by atoms with Gasteiger partial charge in [0.25, 0.3) is 0 Å². The maximum absolute atomic E-state index is 5.95. The minimum Gasteiger partial charge on any atom is -0.438 e. The number of fused-ring (bicyclic) bond motifs is 1. The molecule has 0 spiro atoms. The zero-order chi connectivity index (χ0) is 14.1. The molecule has 3 rings (SSSR count). The van der Waals surface area contributed by atoms with Crippen molar-refractivity contribution in [3.63, 3.8) is 0 Å². The van der Waals surface area contributed by atoms with Gasteiger partial charge in [-0.05, 0) is 49.2 Å². The predicted octanol–water partition coefficient (Wildman–Crippen LogP) is 3.62. The van der Waals surface area contributed by atoms with Gasteiger partial charge >= 0.3 is 0 Å². The Bertz CT molecular complexity index is 784.